The van der Waals surface area contributed by atoms with Gasteiger partial charge in [0.25, 0.3) is 0 Å². The van der Waals surface area contributed by atoms with E-state index in [4.69, 9.17) is 16.3 Å². The zero-order valence-electron chi connectivity index (χ0n) is 16.4. The Kier molecular flexibility index (Phi) is 5.49. The Morgan fingerprint density at radius 2 is 1.97 bits per heavy atom. The van der Waals surface area contributed by atoms with E-state index in [2.05, 4.69) is 4.98 Å². The van der Waals surface area contributed by atoms with Crippen molar-refractivity contribution in [2.24, 2.45) is 0 Å². The summed E-state index contributed by atoms with van der Waals surface area (Å²) >= 11 is 5.75. The van der Waals surface area contributed by atoms with E-state index in [-0.39, 0.29) is 17.1 Å². The van der Waals surface area contributed by atoms with Crippen LogP contribution >= 0.6 is 11.6 Å². The Morgan fingerprint density at radius 1 is 1.28 bits per heavy atom. The Balaban J connectivity index is 1.96. The number of ether oxygens (including phenoxy) is 1. The molecular formula is C20H20ClF2N3O3. The number of hydrogen-bond donors (Lipinski definition) is 0. The molecule has 9 heteroatoms. The first-order chi connectivity index (χ1) is 13.5. The van der Waals surface area contributed by atoms with Gasteiger partial charge in [-0.25, -0.2) is 13.6 Å². The fourth-order valence-corrected chi connectivity index (χ4v) is 3.28. The fourth-order valence-electron chi connectivity index (χ4n) is 3.13. The molecule has 0 bridgehead atoms. The predicted molar refractivity (Wildman–Crippen MR) is 105 cm³/mol. The maximum atomic E-state index is 14.3. The number of benzene rings is 1. The molecule has 2 aromatic rings. The van der Waals surface area contributed by atoms with Gasteiger partial charge < -0.3 is 9.64 Å². The molecule has 0 aliphatic carbocycles. The SMILES string of the molecule is CN(C(=O)C1Cc2cnccc2N1C(=O)OC(C)(C)C)c1cc(Cl)c(F)cc1F. The molecular weight excluding hydrogens is 404 g/mol. The molecule has 0 radical (unpaired) electrons. The summed E-state index contributed by atoms with van der Waals surface area (Å²) < 4.78 is 33.2. The molecule has 6 nitrogen and oxygen atoms in total. The summed E-state index contributed by atoms with van der Waals surface area (Å²) in [6, 6.07) is 2.28. The minimum Gasteiger partial charge on any atom is -0.443 e. The van der Waals surface area contributed by atoms with Gasteiger partial charge in [0.2, 0.25) is 5.91 Å². The van der Waals surface area contributed by atoms with E-state index >= 15 is 0 Å². The van der Waals surface area contributed by atoms with Crippen molar-refractivity contribution in [1.29, 1.82) is 0 Å². The monoisotopic (exact) mass is 423 g/mol. The summed E-state index contributed by atoms with van der Waals surface area (Å²) in [5.41, 5.74) is 0.212. The van der Waals surface area contributed by atoms with E-state index in [1.807, 2.05) is 0 Å². The molecule has 29 heavy (non-hydrogen) atoms. The highest BCUT2D eigenvalue weighted by molar-refractivity contribution is 6.31. The molecule has 1 aromatic heterocycles. The van der Waals surface area contributed by atoms with E-state index < -0.39 is 35.3 Å². The lowest BCUT2D eigenvalue weighted by atomic mass is 10.1. The molecule has 2 amide bonds. The second-order valence-electron chi connectivity index (χ2n) is 7.69. The van der Waals surface area contributed by atoms with Crippen LogP contribution in [0, 0.1) is 11.6 Å². The van der Waals surface area contributed by atoms with Gasteiger partial charge in [0.05, 0.1) is 16.4 Å². The smallest absolute Gasteiger partial charge is 0.415 e. The van der Waals surface area contributed by atoms with Crippen LogP contribution < -0.4 is 9.80 Å². The van der Waals surface area contributed by atoms with Gasteiger partial charge in [-0.05, 0) is 38.5 Å². The average molecular weight is 424 g/mol. The molecule has 2 heterocycles. The van der Waals surface area contributed by atoms with E-state index in [0.29, 0.717) is 17.3 Å². The fraction of sp³-hybridized carbons (Fsp3) is 0.350. The molecule has 154 valence electrons. The maximum Gasteiger partial charge on any atom is 0.415 e. The number of carbonyl (C=O) groups excluding carboxylic acids is 2. The Hall–Kier alpha value is -2.74. The van der Waals surface area contributed by atoms with Gasteiger partial charge in [-0.15, -0.1) is 0 Å². The number of amides is 2. The number of halogens is 3. The minimum absolute atomic E-state index is 0.183. The van der Waals surface area contributed by atoms with Gasteiger partial charge in [0.15, 0.2) is 0 Å². The quantitative estimate of drug-likeness (QED) is 0.674. The Morgan fingerprint density at radius 3 is 2.62 bits per heavy atom. The lowest BCUT2D eigenvalue weighted by Crippen LogP contribution is -2.50. The van der Waals surface area contributed by atoms with Crippen molar-refractivity contribution < 1.29 is 23.1 Å². The van der Waals surface area contributed by atoms with E-state index in [1.54, 1.807) is 33.0 Å². The predicted octanol–water partition coefficient (Wildman–Crippen LogP) is 4.34. The molecule has 1 unspecified atom stereocenters. The van der Waals surface area contributed by atoms with Crippen molar-refractivity contribution in [2.75, 3.05) is 16.8 Å². The van der Waals surface area contributed by atoms with Crippen LogP contribution in [0.5, 0.6) is 0 Å². The third-order valence-electron chi connectivity index (χ3n) is 4.42. The van der Waals surface area contributed by atoms with Crippen molar-refractivity contribution >= 4 is 35.0 Å². The number of aromatic nitrogens is 1. The first kappa shape index (κ1) is 21.0. The highest BCUT2D eigenvalue weighted by Crippen LogP contribution is 2.35. The largest absolute Gasteiger partial charge is 0.443 e. The van der Waals surface area contributed by atoms with Crippen LogP contribution in [-0.4, -0.2) is 35.7 Å². The molecule has 0 saturated heterocycles. The molecule has 0 fully saturated rings. The van der Waals surface area contributed by atoms with Crippen LogP contribution in [0.2, 0.25) is 5.02 Å². The molecule has 0 spiro atoms. The molecule has 0 N–H and O–H groups in total. The number of fused-ring (bicyclic) bond motifs is 1. The van der Waals surface area contributed by atoms with Gasteiger partial charge >= 0.3 is 6.09 Å². The van der Waals surface area contributed by atoms with Crippen molar-refractivity contribution in [1.82, 2.24) is 4.98 Å². The number of likely N-dealkylation sites (N-methyl/N-ethyl adjacent to an activating group) is 1. The topological polar surface area (TPSA) is 62.7 Å². The van der Waals surface area contributed by atoms with Crippen LogP contribution in [0.25, 0.3) is 0 Å². The third-order valence-corrected chi connectivity index (χ3v) is 4.71. The van der Waals surface area contributed by atoms with Crippen molar-refractivity contribution in [3.63, 3.8) is 0 Å². The minimum atomic E-state index is -0.975. The average Bonchev–Trinajstić information content (AvgIpc) is 3.01. The second kappa shape index (κ2) is 7.59. The maximum absolute atomic E-state index is 14.3. The normalized spacial score (nSPS) is 15.8. The van der Waals surface area contributed by atoms with Gasteiger partial charge in [-0.1, -0.05) is 11.6 Å². The van der Waals surface area contributed by atoms with E-state index in [9.17, 15) is 18.4 Å². The highest BCUT2D eigenvalue weighted by atomic mass is 35.5. The Labute approximate surface area is 172 Å². The highest BCUT2D eigenvalue weighted by Gasteiger charge is 2.42. The number of carbonyl (C=O) groups is 2. The van der Waals surface area contributed by atoms with Gasteiger partial charge in [-0.3, -0.25) is 14.7 Å². The van der Waals surface area contributed by atoms with Crippen LogP contribution in [0.1, 0.15) is 26.3 Å². The van der Waals surface area contributed by atoms with Crippen LogP contribution in [0.15, 0.2) is 30.6 Å². The zero-order valence-corrected chi connectivity index (χ0v) is 17.1. The van der Waals surface area contributed by atoms with Gasteiger partial charge in [0.1, 0.15) is 23.3 Å². The summed E-state index contributed by atoms with van der Waals surface area (Å²) in [5.74, 6) is -2.44. The second-order valence-corrected chi connectivity index (χ2v) is 8.10. The summed E-state index contributed by atoms with van der Waals surface area (Å²) in [5, 5.41) is -0.316. The first-order valence-corrected chi connectivity index (χ1v) is 9.24. The van der Waals surface area contributed by atoms with Crippen molar-refractivity contribution in [3.8, 4) is 0 Å². The van der Waals surface area contributed by atoms with Crippen LogP contribution in [0.4, 0.5) is 25.0 Å². The summed E-state index contributed by atoms with van der Waals surface area (Å²) in [7, 11) is 1.34. The van der Waals surface area contributed by atoms with Crippen LogP contribution in [0.3, 0.4) is 0 Å². The van der Waals surface area contributed by atoms with Crippen molar-refractivity contribution in [2.45, 2.75) is 38.8 Å². The third kappa shape index (κ3) is 4.17. The summed E-state index contributed by atoms with van der Waals surface area (Å²) in [6.45, 7) is 5.15. The van der Waals surface area contributed by atoms with E-state index in [1.165, 1.54) is 18.1 Å². The number of pyridine rings is 1. The number of anilines is 2. The van der Waals surface area contributed by atoms with Gasteiger partial charge in [0, 0.05) is 31.9 Å². The van der Waals surface area contributed by atoms with E-state index in [0.717, 1.165) is 11.0 Å². The first-order valence-electron chi connectivity index (χ1n) is 8.87. The number of nitrogens with zero attached hydrogens (tertiary/aromatic N) is 3. The number of hydrogen-bond acceptors (Lipinski definition) is 4. The van der Waals surface area contributed by atoms with Crippen LogP contribution in [-0.2, 0) is 16.0 Å². The summed E-state index contributed by atoms with van der Waals surface area (Å²) in [6.07, 6.45) is 2.55. The summed E-state index contributed by atoms with van der Waals surface area (Å²) in [4.78, 5) is 32.3. The molecule has 3 rings (SSSR count). The molecule has 1 atom stereocenters. The number of rotatable bonds is 2. The lowest BCUT2D eigenvalue weighted by molar-refractivity contribution is -0.119. The standard InChI is InChI=1S/C20H20ClF2N3O3/c1-20(2,3)29-19(28)26-15-5-6-24-10-11(15)7-17(26)18(27)25(4)16-8-12(21)13(22)9-14(16)23/h5-6,8-10,17H,7H2,1-4H3. The lowest BCUT2D eigenvalue weighted by Gasteiger charge is -2.30. The molecule has 1 aromatic carbocycles. The van der Waals surface area contributed by atoms with Crippen molar-refractivity contribution in [3.05, 3.63) is 52.8 Å². The molecule has 1 aliphatic heterocycles. The Bertz CT molecular complexity index is 978. The molecule has 1 aliphatic rings. The molecule has 0 saturated carbocycles. The van der Waals surface area contributed by atoms with Gasteiger partial charge in [-0.2, -0.15) is 0 Å². The zero-order chi connectivity index (χ0) is 21.5.